The lowest BCUT2D eigenvalue weighted by molar-refractivity contribution is -0.137. The highest BCUT2D eigenvalue weighted by atomic mass is 16.4. The maximum Gasteiger partial charge on any atom is 0.352 e. The Balaban J connectivity index is 0.000000386. The summed E-state index contributed by atoms with van der Waals surface area (Å²) in [5.74, 6) is 0.507. The Kier molecular flexibility index (Phi) is 18.5. The number of hydrogen-bond acceptors (Lipinski definition) is 2. The lowest BCUT2D eigenvalue weighted by Crippen LogP contribution is -2.61. The van der Waals surface area contributed by atoms with Crippen molar-refractivity contribution < 1.29 is 9.90 Å². The molecule has 0 spiro atoms. The van der Waals surface area contributed by atoms with Gasteiger partial charge in [-0.25, -0.2) is 4.79 Å². The van der Waals surface area contributed by atoms with Gasteiger partial charge in [-0.1, -0.05) is 94.7 Å². The highest BCUT2D eigenvalue weighted by Crippen LogP contribution is 2.49. The second kappa shape index (κ2) is 20.9. The molecule has 250 valence electrons. The van der Waals surface area contributed by atoms with Crippen molar-refractivity contribution in [2.75, 3.05) is 0 Å². The van der Waals surface area contributed by atoms with E-state index < -0.39 is 5.97 Å². The van der Waals surface area contributed by atoms with Crippen LogP contribution in [-0.4, -0.2) is 28.1 Å². The van der Waals surface area contributed by atoms with Crippen molar-refractivity contribution in [3.63, 3.8) is 0 Å². The summed E-state index contributed by atoms with van der Waals surface area (Å²) in [7, 11) is 0. The van der Waals surface area contributed by atoms with Crippen LogP contribution in [0.3, 0.4) is 0 Å². The molecule has 1 N–H and O–H groups in total. The zero-order valence-electron chi connectivity index (χ0n) is 30.3. The molecule has 4 rings (SSSR count). The third-order valence-corrected chi connectivity index (χ3v) is 9.18. The summed E-state index contributed by atoms with van der Waals surface area (Å²) in [6.07, 6.45) is 23.3. The van der Waals surface area contributed by atoms with Crippen molar-refractivity contribution in [1.82, 2.24) is 4.90 Å². The van der Waals surface area contributed by atoms with Crippen LogP contribution in [0.15, 0.2) is 85.2 Å². The number of unbranched alkanes of at least 4 members (excludes halogenated alkanes) is 2. The standard InChI is InChI=1S/C21H32.C15H21NO2.2C3H6/c1-5-7-8-11-18-14-17(4)21(19(6-2)15-18)20-12-9-10-16(3)13-20;1-5-7-8-12-9(3)13-11(6-2)10(4)16(13)14(12)15(17)18;2*1-3-2/h13-15,20H,5-12H2,1-4H3;6-11,13H,2,5H2,1,3-4H3,(H,17,18);2*3H,1H2,2H3/b;8-7+;;. The lowest BCUT2D eigenvalue weighted by atomic mass is 9.76. The average molecular weight is 616 g/mol. The van der Waals surface area contributed by atoms with E-state index in [9.17, 15) is 9.90 Å². The summed E-state index contributed by atoms with van der Waals surface area (Å²) < 4.78 is 0. The van der Waals surface area contributed by atoms with Gasteiger partial charge in [-0.2, -0.15) is 0 Å². The maximum absolute atomic E-state index is 11.5. The highest BCUT2D eigenvalue weighted by molar-refractivity contribution is 5.89. The molecule has 0 bridgehead atoms. The Labute approximate surface area is 277 Å². The molecule has 2 heterocycles. The monoisotopic (exact) mass is 616 g/mol. The summed E-state index contributed by atoms with van der Waals surface area (Å²) in [6, 6.07) is 5.48. The molecule has 1 aliphatic carbocycles. The molecule has 3 nitrogen and oxygen atoms in total. The van der Waals surface area contributed by atoms with Gasteiger partial charge in [0.05, 0.1) is 0 Å². The van der Waals surface area contributed by atoms with Gasteiger partial charge in [0.25, 0.3) is 0 Å². The van der Waals surface area contributed by atoms with E-state index in [0.29, 0.717) is 17.5 Å². The molecule has 45 heavy (non-hydrogen) atoms. The normalized spacial score (nSPS) is 23.2. The minimum atomic E-state index is -0.811. The van der Waals surface area contributed by atoms with Crippen molar-refractivity contribution in [3.05, 3.63) is 107 Å². The van der Waals surface area contributed by atoms with E-state index in [-0.39, 0.29) is 18.0 Å². The molecule has 0 saturated carbocycles. The van der Waals surface area contributed by atoms with Crippen molar-refractivity contribution in [1.29, 1.82) is 0 Å². The molecule has 1 saturated heterocycles. The fourth-order valence-corrected chi connectivity index (χ4v) is 7.19. The summed E-state index contributed by atoms with van der Waals surface area (Å²) >= 11 is 0. The van der Waals surface area contributed by atoms with Crippen LogP contribution in [0.1, 0.15) is 129 Å². The Morgan fingerprint density at radius 2 is 1.69 bits per heavy atom. The number of nitrogens with zero attached hydrogens (tertiary/aromatic N) is 1. The SMILES string of the molecule is C=CC.C=CC.C=CC1C(C)N2C(C(=O)O)=C(/C=C/CC)C(C)C12.CCCCCc1cc(C)c(C2C=C(C)CCC2)c(CC)c1. The molecule has 3 aliphatic rings. The van der Waals surface area contributed by atoms with E-state index in [2.05, 4.69) is 91.3 Å². The largest absolute Gasteiger partial charge is 0.477 e. The summed E-state index contributed by atoms with van der Waals surface area (Å²) in [5, 5.41) is 9.44. The van der Waals surface area contributed by atoms with Crippen LogP contribution in [0.25, 0.3) is 0 Å². The number of rotatable bonds is 10. The lowest BCUT2D eigenvalue weighted by Gasteiger charge is -2.52. The number of carboxylic acid groups (broad SMARTS) is 1. The van der Waals surface area contributed by atoms with Gasteiger partial charge in [0, 0.05) is 29.8 Å². The quantitative estimate of drug-likeness (QED) is 0.210. The van der Waals surface area contributed by atoms with Gasteiger partial charge in [0.15, 0.2) is 0 Å². The maximum atomic E-state index is 11.5. The van der Waals surface area contributed by atoms with Gasteiger partial charge in [-0.05, 0) is 107 Å². The number of carbonyl (C=O) groups is 1. The van der Waals surface area contributed by atoms with Crippen molar-refractivity contribution >= 4 is 5.97 Å². The summed E-state index contributed by atoms with van der Waals surface area (Å²) in [6.45, 7) is 29.8. The summed E-state index contributed by atoms with van der Waals surface area (Å²) in [4.78, 5) is 13.5. The molecule has 3 heteroatoms. The first-order valence-corrected chi connectivity index (χ1v) is 17.5. The van der Waals surface area contributed by atoms with Crippen LogP contribution in [0, 0.1) is 18.8 Å². The molecular weight excluding hydrogens is 550 g/mol. The zero-order chi connectivity index (χ0) is 34.1. The molecule has 2 aliphatic heterocycles. The van der Waals surface area contributed by atoms with Crippen LogP contribution < -0.4 is 0 Å². The third kappa shape index (κ3) is 10.8. The number of aryl methyl sites for hydroxylation is 3. The molecule has 1 aromatic carbocycles. The molecule has 0 amide bonds. The number of aliphatic carboxylic acids is 1. The second-order valence-corrected chi connectivity index (χ2v) is 12.8. The first-order chi connectivity index (χ1) is 21.5. The Bertz CT molecular complexity index is 1190. The van der Waals surface area contributed by atoms with Crippen LogP contribution >= 0.6 is 0 Å². The smallest absolute Gasteiger partial charge is 0.352 e. The van der Waals surface area contributed by atoms with E-state index in [1.165, 1.54) is 56.9 Å². The minimum absolute atomic E-state index is 0.244. The van der Waals surface area contributed by atoms with Crippen LogP contribution in [0.5, 0.6) is 0 Å². The number of benzene rings is 1. The molecule has 5 unspecified atom stereocenters. The molecule has 1 fully saturated rings. The summed E-state index contributed by atoms with van der Waals surface area (Å²) in [5.41, 5.74) is 9.34. The predicted molar refractivity (Wildman–Crippen MR) is 198 cm³/mol. The fraction of sp³-hybridized carbons (Fsp3) is 0.548. The molecular formula is C42H65NO2. The van der Waals surface area contributed by atoms with Crippen molar-refractivity contribution in [3.8, 4) is 0 Å². The van der Waals surface area contributed by atoms with E-state index in [1.807, 2.05) is 32.1 Å². The van der Waals surface area contributed by atoms with E-state index in [4.69, 9.17) is 0 Å². The minimum Gasteiger partial charge on any atom is -0.477 e. The predicted octanol–water partition coefficient (Wildman–Crippen LogP) is 11.7. The van der Waals surface area contributed by atoms with Gasteiger partial charge < -0.3 is 10.0 Å². The van der Waals surface area contributed by atoms with Crippen LogP contribution in [-0.2, 0) is 17.6 Å². The number of hydrogen-bond donors (Lipinski definition) is 1. The molecule has 0 aromatic heterocycles. The Morgan fingerprint density at radius 1 is 1.04 bits per heavy atom. The highest BCUT2D eigenvalue weighted by Gasteiger charge is 2.54. The number of allylic oxidation sites excluding steroid dienone is 6. The third-order valence-electron chi connectivity index (χ3n) is 9.18. The number of fused-ring (bicyclic) bond motifs is 1. The van der Waals surface area contributed by atoms with E-state index in [0.717, 1.165) is 12.0 Å². The topological polar surface area (TPSA) is 40.5 Å². The fourth-order valence-electron chi connectivity index (χ4n) is 7.19. The van der Waals surface area contributed by atoms with Gasteiger partial charge in [0.2, 0.25) is 0 Å². The van der Waals surface area contributed by atoms with Crippen molar-refractivity contribution in [2.45, 2.75) is 138 Å². The zero-order valence-corrected chi connectivity index (χ0v) is 30.3. The Morgan fingerprint density at radius 3 is 2.20 bits per heavy atom. The first-order valence-electron chi connectivity index (χ1n) is 17.5. The Hall–Kier alpha value is -3.07. The first kappa shape index (κ1) is 40.0. The molecule has 5 atom stereocenters. The second-order valence-electron chi connectivity index (χ2n) is 12.8. The van der Waals surface area contributed by atoms with Gasteiger partial charge in [-0.3, -0.25) is 0 Å². The average Bonchev–Trinajstić information content (AvgIpc) is 3.25. The number of carboxylic acids is 1. The van der Waals surface area contributed by atoms with E-state index >= 15 is 0 Å². The van der Waals surface area contributed by atoms with Gasteiger partial charge in [-0.15, -0.1) is 19.7 Å². The van der Waals surface area contributed by atoms with Crippen molar-refractivity contribution in [2.24, 2.45) is 11.8 Å². The molecule has 1 aromatic rings. The molecule has 0 radical (unpaired) electrons. The van der Waals surface area contributed by atoms with Gasteiger partial charge in [0.1, 0.15) is 5.70 Å². The van der Waals surface area contributed by atoms with E-state index in [1.54, 1.807) is 34.4 Å². The van der Waals surface area contributed by atoms with Gasteiger partial charge >= 0.3 is 5.97 Å². The van der Waals surface area contributed by atoms with Crippen LogP contribution in [0.4, 0.5) is 0 Å². The van der Waals surface area contributed by atoms with Crippen LogP contribution in [0.2, 0.25) is 0 Å².